The topological polar surface area (TPSA) is 47.9 Å². The highest BCUT2D eigenvalue weighted by Crippen LogP contribution is 2.03. The van der Waals surface area contributed by atoms with Crippen molar-refractivity contribution in [1.82, 2.24) is 0 Å². The van der Waals surface area contributed by atoms with Crippen LogP contribution in [0.4, 0.5) is 0 Å². The van der Waals surface area contributed by atoms with Crippen molar-refractivity contribution in [3.63, 3.8) is 0 Å². The van der Waals surface area contributed by atoms with Crippen molar-refractivity contribution in [2.45, 2.75) is 32.7 Å². The zero-order chi connectivity index (χ0) is 10.1. The van der Waals surface area contributed by atoms with E-state index in [0.717, 1.165) is 0 Å². The maximum absolute atomic E-state index is 8.45. The molecule has 0 bridgehead atoms. The Balaban J connectivity index is 3.36. The fourth-order valence-electron chi connectivity index (χ4n) is 0.891. The molecule has 1 N–H and O–H groups in total. The van der Waals surface area contributed by atoms with Gasteiger partial charge in [0.05, 0.1) is 25.9 Å². The molecule has 0 saturated carbocycles. The van der Waals surface area contributed by atoms with Gasteiger partial charge in [-0.15, -0.1) is 0 Å². The summed E-state index contributed by atoms with van der Waals surface area (Å²) in [5.41, 5.74) is 0. The summed E-state index contributed by atoms with van der Waals surface area (Å²) in [4.78, 5) is 0. The molecular weight excluding hydrogens is 172 g/mol. The Morgan fingerprint density at radius 2 is 1.92 bits per heavy atom. The van der Waals surface area contributed by atoms with Crippen LogP contribution < -0.4 is 0 Å². The third-order valence-electron chi connectivity index (χ3n) is 1.42. The van der Waals surface area contributed by atoms with E-state index in [4.69, 9.17) is 19.3 Å². The number of hydrogen-bond donors (Lipinski definition) is 1. The minimum absolute atomic E-state index is 0.0582. The van der Waals surface area contributed by atoms with E-state index < -0.39 is 0 Å². The van der Waals surface area contributed by atoms with Crippen molar-refractivity contribution in [2.75, 3.05) is 26.9 Å². The van der Waals surface area contributed by atoms with Gasteiger partial charge >= 0.3 is 0 Å². The van der Waals surface area contributed by atoms with Gasteiger partial charge in [0.25, 0.3) is 0 Å². The van der Waals surface area contributed by atoms with Gasteiger partial charge in [-0.2, -0.15) is 0 Å². The second kappa shape index (κ2) is 8.44. The molecule has 0 amide bonds. The van der Waals surface area contributed by atoms with E-state index >= 15 is 0 Å². The third-order valence-corrected chi connectivity index (χ3v) is 1.42. The van der Waals surface area contributed by atoms with Gasteiger partial charge in [0.1, 0.15) is 0 Å². The molecule has 13 heavy (non-hydrogen) atoms. The van der Waals surface area contributed by atoms with Crippen LogP contribution in [0.25, 0.3) is 0 Å². The van der Waals surface area contributed by atoms with Crippen LogP contribution in [-0.4, -0.2) is 44.4 Å². The molecule has 80 valence electrons. The van der Waals surface area contributed by atoms with Gasteiger partial charge in [-0.3, -0.25) is 0 Å². The van der Waals surface area contributed by atoms with E-state index in [2.05, 4.69) is 0 Å². The van der Waals surface area contributed by atoms with Crippen LogP contribution in [0.15, 0.2) is 0 Å². The van der Waals surface area contributed by atoms with Crippen LogP contribution in [0.5, 0.6) is 0 Å². The molecule has 0 aromatic carbocycles. The SMILES string of the molecule is COC(CCOCCO)OC(C)C. The second-order valence-electron chi connectivity index (χ2n) is 2.97. The maximum atomic E-state index is 8.45. The summed E-state index contributed by atoms with van der Waals surface area (Å²) in [6.45, 7) is 4.90. The number of methoxy groups -OCH3 is 1. The van der Waals surface area contributed by atoms with Crippen molar-refractivity contribution in [3.05, 3.63) is 0 Å². The third kappa shape index (κ3) is 8.18. The number of aliphatic hydroxyl groups excluding tert-OH is 1. The monoisotopic (exact) mass is 192 g/mol. The number of ether oxygens (including phenoxy) is 3. The maximum Gasteiger partial charge on any atom is 0.159 e. The molecule has 1 unspecified atom stereocenters. The molecule has 4 nitrogen and oxygen atoms in total. The molecule has 1 atom stereocenters. The Kier molecular flexibility index (Phi) is 8.33. The zero-order valence-electron chi connectivity index (χ0n) is 8.66. The lowest BCUT2D eigenvalue weighted by Gasteiger charge is -2.18. The second-order valence-corrected chi connectivity index (χ2v) is 2.97. The number of hydrogen-bond acceptors (Lipinski definition) is 4. The van der Waals surface area contributed by atoms with Crippen molar-refractivity contribution >= 4 is 0 Å². The first-order chi connectivity index (χ1) is 6.20. The Bertz CT molecular complexity index is 106. The Morgan fingerprint density at radius 1 is 1.23 bits per heavy atom. The minimum Gasteiger partial charge on any atom is -0.394 e. The number of rotatable bonds is 8. The van der Waals surface area contributed by atoms with Gasteiger partial charge in [-0.05, 0) is 13.8 Å². The lowest BCUT2D eigenvalue weighted by molar-refractivity contribution is -0.156. The molecule has 0 aromatic heterocycles. The first kappa shape index (κ1) is 12.8. The van der Waals surface area contributed by atoms with E-state index in [-0.39, 0.29) is 19.0 Å². The summed E-state index contributed by atoms with van der Waals surface area (Å²) >= 11 is 0. The molecule has 4 heteroatoms. The molecule has 0 aliphatic carbocycles. The highest BCUT2D eigenvalue weighted by Gasteiger charge is 2.08. The summed E-state index contributed by atoms with van der Waals surface area (Å²) in [7, 11) is 1.61. The molecular formula is C9H20O4. The van der Waals surface area contributed by atoms with E-state index in [9.17, 15) is 0 Å². The predicted molar refractivity (Wildman–Crippen MR) is 49.5 cm³/mol. The average Bonchev–Trinajstić information content (AvgIpc) is 2.09. The lowest BCUT2D eigenvalue weighted by Crippen LogP contribution is -2.21. The van der Waals surface area contributed by atoms with Crippen LogP contribution in [0.1, 0.15) is 20.3 Å². The van der Waals surface area contributed by atoms with Crippen molar-refractivity contribution < 1.29 is 19.3 Å². The van der Waals surface area contributed by atoms with E-state index in [1.165, 1.54) is 0 Å². The smallest absolute Gasteiger partial charge is 0.159 e. The molecule has 0 rings (SSSR count). The summed E-state index contributed by atoms with van der Waals surface area (Å²) in [6, 6.07) is 0. The molecule has 0 saturated heterocycles. The van der Waals surface area contributed by atoms with Crippen LogP contribution >= 0.6 is 0 Å². The standard InChI is InChI=1S/C9H20O4/c1-8(2)13-9(11-3)4-6-12-7-5-10/h8-10H,4-7H2,1-3H3. The molecule has 0 aliphatic rings. The Hall–Kier alpha value is -0.160. The van der Waals surface area contributed by atoms with Gasteiger partial charge in [0, 0.05) is 13.5 Å². The van der Waals surface area contributed by atoms with Gasteiger partial charge in [0.2, 0.25) is 0 Å². The van der Waals surface area contributed by atoms with Gasteiger partial charge in [0.15, 0.2) is 6.29 Å². The fraction of sp³-hybridized carbons (Fsp3) is 1.00. The first-order valence-electron chi connectivity index (χ1n) is 4.57. The summed E-state index contributed by atoms with van der Waals surface area (Å²) in [5.74, 6) is 0. The minimum atomic E-state index is -0.210. The predicted octanol–water partition coefficient (Wildman–Crippen LogP) is 0.783. The number of aliphatic hydroxyl groups is 1. The molecule has 0 fully saturated rings. The Morgan fingerprint density at radius 3 is 2.38 bits per heavy atom. The van der Waals surface area contributed by atoms with Crippen LogP contribution in [0.3, 0.4) is 0 Å². The Labute approximate surface area is 79.8 Å². The summed E-state index contributed by atoms with van der Waals surface area (Å²) in [6.07, 6.45) is 0.635. The molecule has 0 radical (unpaired) electrons. The van der Waals surface area contributed by atoms with Crippen LogP contribution in [0.2, 0.25) is 0 Å². The molecule has 0 aromatic rings. The van der Waals surface area contributed by atoms with Gasteiger partial charge in [-0.1, -0.05) is 0 Å². The highest BCUT2D eigenvalue weighted by atomic mass is 16.7. The molecule has 0 aliphatic heterocycles. The largest absolute Gasteiger partial charge is 0.394 e. The summed E-state index contributed by atoms with van der Waals surface area (Å²) < 4.78 is 15.6. The molecule has 0 spiro atoms. The quantitative estimate of drug-likeness (QED) is 0.456. The first-order valence-corrected chi connectivity index (χ1v) is 4.57. The fourth-order valence-corrected chi connectivity index (χ4v) is 0.891. The van der Waals surface area contributed by atoms with Crippen molar-refractivity contribution in [1.29, 1.82) is 0 Å². The van der Waals surface area contributed by atoms with Crippen molar-refractivity contribution in [3.8, 4) is 0 Å². The van der Waals surface area contributed by atoms with Crippen LogP contribution in [0, 0.1) is 0 Å². The molecule has 0 heterocycles. The van der Waals surface area contributed by atoms with E-state index in [0.29, 0.717) is 19.6 Å². The highest BCUT2D eigenvalue weighted by molar-refractivity contribution is 4.46. The normalized spacial score (nSPS) is 13.6. The summed E-state index contributed by atoms with van der Waals surface area (Å²) in [5, 5.41) is 8.45. The zero-order valence-corrected chi connectivity index (χ0v) is 8.66. The van der Waals surface area contributed by atoms with Crippen molar-refractivity contribution in [2.24, 2.45) is 0 Å². The van der Waals surface area contributed by atoms with Gasteiger partial charge < -0.3 is 19.3 Å². The van der Waals surface area contributed by atoms with Gasteiger partial charge in [-0.25, -0.2) is 0 Å². The lowest BCUT2D eigenvalue weighted by atomic mass is 10.4. The van der Waals surface area contributed by atoms with Crippen LogP contribution in [-0.2, 0) is 14.2 Å². The average molecular weight is 192 g/mol. The van der Waals surface area contributed by atoms with E-state index in [1.54, 1.807) is 7.11 Å². The van der Waals surface area contributed by atoms with E-state index in [1.807, 2.05) is 13.8 Å².